The predicted molar refractivity (Wildman–Crippen MR) is 133 cm³/mol. The van der Waals surface area contributed by atoms with Gasteiger partial charge in [-0.25, -0.2) is 8.78 Å². The van der Waals surface area contributed by atoms with Crippen LogP contribution in [0, 0.1) is 11.6 Å². The number of amides is 1. The minimum absolute atomic E-state index is 0.0479. The quantitative estimate of drug-likeness (QED) is 0.551. The molecule has 204 valence electrons. The third kappa shape index (κ3) is 7.24. The highest BCUT2D eigenvalue weighted by Gasteiger charge is 2.43. The van der Waals surface area contributed by atoms with Gasteiger partial charge >= 0.3 is 0 Å². The minimum Gasteiger partial charge on any atom is -0.394 e. The van der Waals surface area contributed by atoms with E-state index in [0.29, 0.717) is 18.4 Å². The fourth-order valence-electron chi connectivity index (χ4n) is 5.82. The molecular formula is C28H43F2NO5. The summed E-state index contributed by atoms with van der Waals surface area (Å²) in [5.74, 6) is -2.10. The third-order valence-electron chi connectivity index (χ3n) is 8.01. The Morgan fingerprint density at radius 1 is 0.917 bits per heavy atom. The van der Waals surface area contributed by atoms with Gasteiger partial charge in [-0.1, -0.05) is 70.3 Å². The first kappa shape index (κ1) is 29.0. The van der Waals surface area contributed by atoms with E-state index >= 15 is 0 Å². The van der Waals surface area contributed by atoms with E-state index < -0.39 is 41.5 Å². The van der Waals surface area contributed by atoms with Crippen molar-refractivity contribution in [3.8, 4) is 0 Å². The molecule has 6 nitrogen and oxygen atoms in total. The molecular weight excluding hydrogens is 468 g/mol. The highest BCUT2D eigenvalue weighted by Crippen LogP contribution is 2.39. The van der Waals surface area contributed by atoms with Crippen LogP contribution in [0.1, 0.15) is 89.0 Å². The Bertz CT molecular complexity index is 824. The van der Waals surface area contributed by atoms with Gasteiger partial charge in [-0.3, -0.25) is 4.79 Å². The summed E-state index contributed by atoms with van der Waals surface area (Å²) >= 11 is 0. The number of carbonyl (C=O) groups excluding carboxylic acids is 1. The molecule has 3 N–H and O–H groups in total. The molecule has 2 fully saturated rings. The van der Waals surface area contributed by atoms with Crippen molar-refractivity contribution in [1.29, 1.82) is 0 Å². The van der Waals surface area contributed by atoms with Gasteiger partial charge < -0.3 is 25.0 Å². The number of hydrogen-bond donors (Lipinski definition) is 3. The van der Waals surface area contributed by atoms with E-state index in [1.807, 2.05) is 0 Å². The molecule has 1 aromatic rings. The summed E-state index contributed by atoms with van der Waals surface area (Å²) < 4.78 is 34.0. The zero-order chi connectivity index (χ0) is 26.1. The SMILES string of the molecule is CN(C[C@@H]1O[C@H](CO)[C@H](O)C[C@H]1O)C(=O)C1(c2ccc(F)c(F)c2)CCCCCCCCCCCC1. The number of ether oxygens (including phenoxy) is 1. The molecule has 1 saturated heterocycles. The van der Waals surface area contributed by atoms with Gasteiger partial charge in [0.25, 0.3) is 0 Å². The van der Waals surface area contributed by atoms with Gasteiger partial charge in [0.1, 0.15) is 12.2 Å². The van der Waals surface area contributed by atoms with E-state index in [2.05, 4.69) is 0 Å². The molecule has 1 aliphatic heterocycles. The largest absolute Gasteiger partial charge is 0.394 e. The zero-order valence-electron chi connectivity index (χ0n) is 21.5. The standard InChI is InChI=1S/C28H43F2NO5/c1-31(18-25-23(33)17-24(34)26(19-32)36-25)27(35)28(20-12-13-21(29)22(30)16-20)14-10-8-6-4-2-3-5-7-9-11-15-28/h12-13,16,23-26,32-34H,2-11,14-15,17-19H2,1H3/t23-,24-,25+,26-/m1/s1. The summed E-state index contributed by atoms with van der Waals surface area (Å²) in [4.78, 5) is 15.7. The van der Waals surface area contributed by atoms with Crippen molar-refractivity contribution in [3.63, 3.8) is 0 Å². The second-order valence-corrected chi connectivity index (χ2v) is 10.7. The van der Waals surface area contributed by atoms with Crippen molar-refractivity contribution in [2.75, 3.05) is 20.2 Å². The highest BCUT2D eigenvalue weighted by atomic mass is 19.2. The van der Waals surface area contributed by atoms with Gasteiger partial charge in [-0.2, -0.15) is 0 Å². The summed E-state index contributed by atoms with van der Waals surface area (Å²) in [5, 5.41) is 30.0. The van der Waals surface area contributed by atoms with Gasteiger partial charge in [0.05, 0.1) is 24.2 Å². The molecule has 1 heterocycles. The molecule has 1 amide bonds. The predicted octanol–water partition coefficient (Wildman–Crippen LogP) is 4.23. The van der Waals surface area contributed by atoms with Crippen molar-refractivity contribution in [1.82, 2.24) is 4.90 Å². The zero-order valence-corrected chi connectivity index (χ0v) is 21.5. The second-order valence-electron chi connectivity index (χ2n) is 10.7. The Morgan fingerprint density at radius 3 is 1.97 bits per heavy atom. The van der Waals surface area contributed by atoms with Gasteiger partial charge in [-0.05, 0) is 30.5 Å². The first-order chi connectivity index (χ1) is 17.3. The van der Waals surface area contributed by atoms with Crippen LogP contribution in [0.25, 0.3) is 0 Å². The minimum atomic E-state index is -1.01. The number of benzene rings is 1. The lowest BCUT2D eigenvalue weighted by Crippen LogP contribution is -2.55. The van der Waals surface area contributed by atoms with Crippen molar-refractivity contribution in [2.45, 2.75) is 113 Å². The summed E-state index contributed by atoms with van der Waals surface area (Å²) in [6.45, 7) is -0.324. The lowest BCUT2D eigenvalue weighted by molar-refractivity contribution is -0.185. The third-order valence-corrected chi connectivity index (χ3v) is 8.01. The van der Waals surface area contributed by atoms with Crippen LogP contribution in [-0.2, 0) is 14.9 Å². The molecule has 1 saturated carbocycles. The monoisotopic (exact) mass is 511 g/mol. The van der Waals surface area contributed by atoms with Crippen molar-refractivity contribution >= 4 is 5.91 Å². The van der Waals surface area contributed by atoms with Gasteiger partial charge in [0.2, 0.25) is 5.91 Å². The molecule has 0 unspecified atom stereocenters. The first-order valence-electron chi connectivity index (χ1n) is 13.6. The van der Waals surface area contributed by atoms with Crippen molar-refractivity contribution < 1.29 is 33.6 Å². The number of aliphatic hydroxyl groups is 3. The molecule has 2 aliphatic rings. The molecule has 0 bridgehead atoms. The van der Waals surface area contributed by atoms with Crippen LogP contribution in [-0.4, -0.2) is 70.7 Å². The fourth-order valence-corrected chi connectivity index (χ4v) is 5.82. The van der Waals surface area contributed by atoms with Crippen LogP contribution in [0.3, 0.4) is 0 Å². The number of rotatable bonds is 5. The molecule has 0 spiro atoms. The molecule has 4 atom stereocenters. The molecule has 0 radical (unpaired) electrons. The Labute approximate surface area is 213 Å². The first-order valence-corrected chi connectivity index (χ1v) is 13.6. The second kappa shape index (κ2) is 13.8. The smallest absolute Gasteiger partial charge is 0.233 e. The summed E-state index contributed by atoms with van der Waals surface area (Å²) in [6.07, 6.45) is 8.08. The van der Waals surface area contributed by atoms with Crippen LogP contribution >= 0.6 is 0 Å². The topological polar surface area (TPSA) is 90.2 Å². The van der Waals surface area contributed by atoms with Crippen LogP contribution in [0.5, 0.6) is 0 Å². The summed E-state index contributed by atoms with van der Waals surface area (Å²) in [5.41, 5.74) is -0.519. The lowest BCUT2D eigenvalue weighted by Gasteiger charge is -2.41. The molecule has 0 aromatic heterocycles. The maximum Gasteiger partial charge on any atom is 0.233 e. The number of nitrogens with zero attached hydrogens (tertiary/aromatic N) is 1. The van der Waals surface area contributed by atoms with E-state index in [1.54, 1.807) is 7.05 Å². The summed E-state index contributed by atoms with van der Waals surface area (Å²) in [6, 6.07) is 3.80. The Morgan fingerprint density at radius 2 is 1.44 bits per heavy atom. The molecule has 3 rings (SSSR count). The average Bonchev–Trinajstić information content (AvgIpc) is 2.88. The molecule has 1 aromatic carbocycles. The molecule has 8 heteroatoms. The van der Waals surface area contributed by atoms with Crippen molar-refractivity contribution in [3.05, 3.63) is 35.4 Å². The maximum atomic E-state index is 14.4. The molecule has 1 aliphatic carbocycles. The Hall–Kier alpha value is -1.61. The maximum absolute atomic E-state index is 14.4. The number of hydrogen-bond acceptors (Lipinski definition) is 5. The summed E-state index contributed by atoms with van der Waals surface area (Å²) in [7, 11) is 1.64. The average molecular weight is 512 g/mol. The normalized spacial score (nSPS) is 28.4. The Kier molecular flexibility index (Phi) is 11.1. The lowest BCUT2D eigenvalue weighted by atomic mass is 9.71. The van der Waals surface area contributed by atoms with Gasteiger partial charge in [0.15, 0.2) is 11.6 Å². The van der Waals surface area contributed by atoms with Gasteiger partial charge in [0, 0.05) is 20.0 Å². The van der Waals surface area contributed by atoms with E-state index in [9.17, 15) is 28.9 Å². The van der Waals surface area contributed by atoms with E-state index in [1.165, 1.54) is 42.7 Å². The van der Waals surface area contributed by atoms with E-state index in [0.717, 1.165) is 44.6 Å². The van der Waals surface area contributed by atoms with E-state index in [4.69, 9.17) is 4.74 Å². The number of carbonyl (C=O) groups is 1. The molecule has 36 heavy (non-hydrogen) atoms. The fraction of sp³-hybridized carbons (Fsp3) is 0.750. The number of aliphatic hydroxyl groups excluding tert-OH is 3. The number of halogens is 2. The number of likely N-dealkylation sites (N-methyl/N-ethyl adjacent to an activating group) is 1. The van der Waals surface area contributed by atoms with Gasteiger partial charge in [-0.15, -0.1) is 0 Å². The van der Waals surface area contributed by atoms with Crippen LogP contribution in [0.2, 0.25) is 0 Å². The van der Waals surface area contributed by atoms with Crippen LogP contribution < -0.4 is 0 Å². The Balaban J connectivity index is 1.88. The highest BCUT2D eigenvalue weighted by molar-refractivity contribution is 5.88. The van der Waals surface area contributed by atoms with Crippen LogP contribution in [0.4, 0.5) is 8.78 Å². The van der Waals surface area contributed by atoms with E-state index in [-0.39, 0.29) is 25.5 Å². The van der Waals surface area contributed by atoms with Crippen LogP contribution in [0.15, 0.2) is 18.2 Å². The van der Waals surface area contributed by atoms with Crippen molar-refractivity contribution in [2.24, 2.45) is 0 Å².